The molecule has 0 spiro atoms. The molecule has 27 heavy (non-hydrogen) atoms. The molecule has 1 atom stereocenters. The Kier molecular flexibility index (Phi) is 4.03. The lowest BCUT2D eigenvalue weighted by Gasteiger charge is -2.22. The van der Waals surface area contributed by atoms with Crippen LogP contribution in [0, 0.1) is 0 Å². The van der Waals surface area contributed by atoms with Gasteiger partial charge in [0.05, 0.1) is 17.1 Å². The van der Waals surface area contributed by atoms with Crippen molar-refractivity contribution in [3.63, 3.8) is 0 Å². The van der Waals surface area contributed by atoms with Crippen LogP contribution in [-0.4, -0.2) is 44.3 Å². The van der Waals surface area contributed by atoms with Crippen LogP contribution in [0.1, 0.15) is 12.8 Å². The Morgan fingerprint density at radius 1 is 1.11 bits per heavy atom. The quantitative estimate of drug-likeness (QED) is 0.668. The average molecular weight is 403 g/mol. The molecule has 7 nitrogen and oxygen atoms in total. The highest BCUT2D eigenvalue weighted by Gasteiger charge is 2.39. The zero-order valence-corrected chi connectivity index (χ0v) is 16.1. The fourth-order valence-electron chi connectivity index (χ4n) is 3.54. The number of thiophene rings is 1. The van der Waals surface area contributed by atoms with Crippen LogP contribution in [0.4, 0.5) is 11.6 Å². The lowest BCUT2D eigenvalue weighted by molar-refractivity contribution is 0.116. The van der Waals surface area contributed by atoms with Gasteiger partial charge in [-0.05, 0) is 36.4 Å². The summed E-state index contributed by atoms with van der Waals surface area (Å²) in [6.07, 6.45) is 2.10. The van der Waals surface area contributed by atoms with E-state index >= 15 is 0 Å². The van der Waals surface area contributed by atoms with E-state index in [1.165, 1.54) is 15.6 Å². The highest BCUT2D eigenvalue weighted by Crippen LogP contribution is 2.38. The Morgan fingerprint density at radius 2 is 1.89 bits per heavy atom. The van der Waals surface area contributed by atoms with Crippen molar-refractivity contribution in [2.45, 2.75) is 23.2 Å². The van der Waals surface area contributed by atoms with Gasteiger partial charge in [-0.2, -0.15) is 0 Å². The van der Waals surface area contributed by atoms with Crippen LogP contribution in [0.2, 0.25) is 0 Å². The monoisotopic (exact) mass is 402 g/mol. The SMILES string of the molecule is O=S(=O)(c1cccs1)N1CN(C[C@H]2CCCO2)c2nc3ccccc3nc21. The summed E-state index contributed by atoms with van der Waals surface area (Å²) < 4.78 is 33.8. The van der Waals surface area contributed by atoms with Gasteiger partial charge in [0.25, 0.3) is 10.0 Å². The summed E-state index contributed by atoms with van der Waals surface area (Å²) in [5.41, 5.74) is 1.44. The lowest BCUT2D eigenvalue weighted by Crippen LogP contribution is -2.38. The molecule has 0 saturated carbocycles. The summed E-state index contributed by atoms with van der Waals surface area (Å²) in [6.45, 7) is 1.56. The van der Waals surface area contributed by atoms with Crippen molar-refractivity contribution in [1.29, 1.82) is 0 Å². The molecule has 140 valence electrons. The van der Waals surface area contributed by atoms with Gasteiger partial charge in [0.15, 0.2) is 11.6 Å². The third-order valence-corrected chi connectivity index (χ3v) is 7.95. The van der Waals surface area contributed by atoms with Gasteiger partial charge in [-0.1, -0.05) is 18.2 Å². The number of hydrogen-bond donors (Lipinski definition) is 0. The van der Waals surface area contributed by atoms with E-state index in [0.29, 0.717) is 27.9 Å². The number of nitrogens with zero attached hydrogens (tertiary/aromatic N) is 4. The summed E-state index contributed by atoms with van der Waals surface area (Å²) >= 11 is 1.21. The van der Waals surface area contributed by atoms with Gasteiger partial charge in [0.2, 0.25) is 0 Å². The maximum Gasteiger partial charge on any atom is 0.276 e. The highest BCUT2D eigenvalue weighted by atomic mass is 32.2. The number of para-hydroxylation sites is 2. The van der Waals surface area contributed by atoms with E-state index < -0.39 is 10.0 Å². The van der Waals surface area contributed by atoms with Crippen molar-refractivity contribution >= 4 is 44.0 Å². The molecule has 0 aliphatic carbocycles. The Bertz CT molecular complexity index is 1080. The first-order chi connectivity index (χ1) is 13.1. The van der Waals surface area contributed by atoms with Gasteiger partial charge < -0.3 is 9.64 Å². The predicted molar refractivity (Wildman–Crippen MR) is 105 cm³/mol. The standard InChI is InChI=1S/C18H18N4O3S2/c23-27(24,16-8-4-10-26-16)22-12-21(11-13-5-3-9-25-13)17-18(22)20-15-7-2-1-6-14(15)19-17/h1-2,4,6-8,10,13H,3,5,9,11-12H2/t13-/m1/s1. The number of ether oxygens (including phenoxy) is 1. The van der Waals surface area contributed by atoms with Gasteiger partial charge in [-0.25, -0.2) is 22.7 Å². The molecule has 9 heteroatoms. The molecule has 4 heterocycles. The first kappa shape index (κ1) is 16.9. The van der Waals surface area contributed by atoms with Crippen LogP contribution in [0.3, 0.4) is 0 Å². The van der Waals surface area contributed by atoms with Crippen LogP contribution in [-0.2, 0) is 14.8 Å². The van der Waals surface area contributed by atoms with Gasteiger partial charge >= 0.3 is 0 Å². The molecular weight excluding hydrogens is 384 g/mol. The summed E-state index contributed by atoms with van der Waals surface area (Å²) in [7, 11) is -3.68. The van der Waals surface area contributed by atoms with E-state index in [-0.39, 0.29) is 12.8 Å². The number of sulfonamides is 1. The molecule has 0 unspecified atom stereocenters. The minimum atomic E-state index is -3.68. The van der Waals surface area contributed by atoms with Crippen molar-refractivity contribution in [3.05, 3.63) is 41.8 Å². The van der Waals surface area contributed by atoms with Gasteiger partial charge in [0, 0.05) is 13.2 Å². The predicted octanol–water partition coefficient (Wildman–Crippen LogP) is 2.84. The molecule has 0 bridgehead atoms. The smallest absolute Gasteiger partial charge is 0.276 e. The van der Waals surface area contributed by atoms with E-state index in [1.54, 1.807) is 17.5 Å². The van der Waals surface area contributed by atoms with Gasteiger partial charge in [-0.3, -0.25) is 0 Å². The normalized spacial score (nSPS) is 19.8. The summed E-state index contributed by atoms with van der Waals surface area (Å²) in [6, 6.07) is 10.9. The second-order valence-corrected chi connectivity index (χ2v) is 9.68. The number of anilines is 2. The molecule has 2 aliphatic heterocycles. The van der Waals surface area contributed by atoms with E-state index in [2.05, 4.69) is 4.98 Å². The van der Waals surface area contributed by atoms with E-state index in [4.69, 9.17) is 9.72 Å². The Hall–Kier alpha value is -2.23. The topological polar surface area (TPSA) is 75.6 Å². The molecular formula is C18H18N4O3S2. The first-order valence-corrected chi connectivity index (χ1v) is 11.1. The molecule has 0 N–H and O–H groups in total. The molecule has 2 aromatic heterocycles. The van der Waals surface area contributed by atoms with Crippen LogP contribution in [0.25, 0.3) is 11.0 Å². The van der Waals surface area contributed by atoms with Crippen LogP contribution < -0.4 is 9.21 Å². The number of aromatic nitrogens is 2. The second kappa shape index (κ2) is 6.43. The fourth-order valence-corrected chi connectivity index (χ4v) is 6.02. The third-order valence-electron chi connectivity index (χ3n) is 4.86. The van der Waals surface area contributed by atoms with Crippen LogP contribution in [0.15, 0.2) is 46.0 Å². The number of rotatable bonds is 4. The van der Waals surface area contributed by atoms with E-state index in [9.17, 15) is 8.42 Å². The molecule has 1 aromatic carbocycles. The summed E-state index contributed by atoms with van der Waals surface area (Å²) in [5.74, 6) is 0.990. The Labute approximate surface area is 161 Å². The van der Waals surface area contributed by atoms with Crippen molar-refractivity contribution in [3.8, 4) is 0 Å². The van der Waals surface area contributed by atoms with E-state index in [1.807, 2.05) is 29.2 Å². The third kappa shape index (κ3) is 2.86. The summed E-state index contributed by atoms with van der Waals surface area (Å²) in [5, 5.41) is 1.76. The van der Waals surface area contributed by atoms with Crippen LogP contribution in [0.5, 0.6) is 0 Å². The van der Waals surface area contributed by atoms with Crippen LogP contribution >= 0.6 is 11.3 Å². The first-order valence-electron chi connectivity index (χ1n) is 8.82. The van der Waals surface area contributed by atoms with Crippen molar-refractivity contribution < 1.29 is 13.2 Å². The van der Waals surface area contributed by atoms with E-state index in [0.717, 1.165) is 25.0 Å². The fraction of sp³-hybridized carbons (Fsp3) is 0.333. The molecule has 3 aromatic rings. The number of benzene rings is 1. The Balaban J connectivity index is 1.61. The largest absolute Gasteiger partial charge is 0.376 e. The highest BCUT2D eigenvalue weighted by molar-refractivity contribution is 7.94. The zero-order chi connectivity index (χ0) is 18.4. The lowest BCUT2D eigenvalue weighted by atomic mass is 10.2. The van der Waals surface area contributed by atoms with Gasteiger partial charge in [-0.15, -0.1) is 11.3 Å². The van der Waals surface area contributed by atoms with Crippen molar-refractivity contribution in [2.75, 3.05) is 29.0 Å². The molecule has 1 saturated heterocycles. The second-order valence-electron chi connectivity index (χ2n) is 6.64. The zero-order valence-electron chi connectivity index (χ0n) is 14.5. The number of hydrogen-bond acceptors (Lipinski definition) is 7. The molecule has 5 rings (SSSR count). The van der Waals surface area contributed by atoms with Gasteiger partial charge in [0.1, 0.15) is 10.9 Å². The minimum absolute atomic E-state index is 0.0931. The minimum Gasteiger partial charge on any atom is -0.376 e. The molecule has 0 radical (unpaired) electrons. The molecule has 1 fully saturated rings. The molecule has 2 aliphatic rings. The summed E-state index contributed by atoms with van der Waals surface area (Å²) in [4.78, 5) is 11.3. The average Bonchev–Trinajstić information content (AvgIpc) is 3.42. The maximum absolute atomic E-state index is 13.2. The maximum atomic E-state index is 13.2. The number of fused-ring (bicyclic) bond motifs is 2. The Morgan fingerprint density at radius 3 is 2.56 bits per heavy atom. The van der Waals surface area contributed by atoms with Crippen molar-refractivity contribution in [2.24, 2.45) is 0 Å². The molecule has 0 amide bonds. The van der Waals surface area contributed by atoms with Crippen molar-refractivity contribution in [1.82, 2.24) is 9.97 Å².